The lowest BCUT2D eigenvalue weighted by Crippen LogP contribution is -2.29. The lowest BCUT2D eigenvalue weighted by atomic mass is 10.2. The number of esters is 1. The molecule has 130 valence electrons. The first-order valence-electron chi connectivity index (χ1n) is 7.57. The summed E-state index contributed by atoms with van der Waals surface area (Å²) < 4.78 is 11.2. The minimum atomic E-state index is -0.915. The monoisotopic (exact) mass is 403 g/mol. The van der Waals surface area contributed by atoms with Crippen LogP contribution in [-0.2, 0) is 14.3 Å². The summed E-state index contributed by atoms with van der Waals surface area (Å²) in [6.07, 6.45) is 1.92. The quantitative estimate of drug-likeness (QED) is 0.583. The van der Waals surface area contributed by atoms with Crippen LogP contribution >= 0.6 is 15.9 Å². The molecule has 1 atom stereocenters. The first-order valence-corrected chi connectivity index (χ1v) is 8.37. The molecule has 0 aromatic heterocycles. The number of para-hydroxylation sites is 1. The van der Waals surface area contributed by atoms with Gasteiger partial charge in [-0.3, -0.25) is 4.79 Å². The summed E-state index contributed by atoms with van der Waals surface area (Å²) in [7, 11) is 1.55. The van der Waals surface area contributed by atoms with Gasteiger partial charge in [0.25, 0.3) is 5.91 Å². The Morgan fingerprint density at radius 1 is 1.16 bits per heavy atom. The molecule has 2 aromatic rings. The Balaban J connectivity index is 1.95. The number of halogens is 1. The van der Waals surface area contributed by atoms with Gasteiger partial charge in [-0.1, -0.05) is 34.1 Å². The van der Waals surface area contributed by atoms with E-state index >= 15 is 0 Å². The molecule has 0 heterocycles. The average molecular weight is 404 g/mol. The van der Waals surface area contributed by atoms with E-state index in [0.717, 1.165) is 10.0 Å². The summed E-state index contributed by atoms with van der Waals surface area (Å²) >= 11 is 3.36. The van der Waals surface area contributed by atoms with Crippen molar-refractivity contribution < 1.29 is 19.1 Å². The molecule has 2 rings (SSSR count). The predicted molar refractivity (Wildman–Crippen MR) is 100 cm³/mol. The first kappa shape index (κ1) is 18.7. The summed E-state index contributed by atoms with van der Waals surface area (Å²) in [5, 5.41) is 2.68. The van der Waals surface area contributed by atoms with Crippen LogP contribution in [0.3, 0.4) is 0 Å². The Morgan fingerprint density at radius 3 is 2.56 bits per heavy atom. The molecular weight excluding hydrogens is 386 g/mol. The number of rotatable bonds is 6. The van der Waals surface area contributed by atoms with Gasteiger partial charge in [0.1, 0.15) is 5.75 Å². The van der Waals surface area contributed by atoms with E-state index in [9.17, 15) is 9.59 Å². The van der Waals surface area contributed by atoms with Crippen molar-refractivity contribution in [3.05, 3.63) is 64.6 Å². The van der Waals surface area contributed by atoms with E-state index in [4.69, 9.17) is 9.47 Å². The molecule has 0 bridgehead atoms. The Labute approximate surface area is 154 Å². The second-order valence-corrected chi connectivity index (χ2v) is 6.07. The van der Waals surface area contributed by atoms with Crippen LogP contribution in [0.15, 0.2) is 59.1 Å². The largest absolute Gasteiger partial charge is 0.496 e. The van der Waals surface area contributed by atoms with E-state index in [1.165, 1.54) is 13.0 Å². The normalized spacial score (nSPS) is 11.8. The van der Waals surface area contributed by atoms with Crippen molar-refractivity contribution in [2.24, 2.45) is 0 Å². The van der Waals surface area contributed by atoms with Crippen molar-refractivity contribution >= 4 is 39.6 Å². The Kier molecular flexibility index (Phi) is 6.77. The van der Waals surface area contributed by atoms with Crippen LogP contribution < -0.4 is 10.1 Å². The molecule has 0 saturated carbocycles. The third kappa shape index (κ3) is 5.76. The number of benzene rings is 2. The summed E-state index contributed by atoms with van der Waals surface area (Å²) in [5.41, 5.74) is 1.36. The van der Waals surface area contributed by atoms with Crippen LogP contribution in [0.4, 0.5) is 5.69 Å². The highest BCUT2D eigenvalue weighted by atomic mass is 79.9. The topological polar surface area (TPSA) is 64.6 Å². The molecular formula is C19H18BrNO4. The first-order chi connectivity index (χ1) is 12.0. The highest BCUT2D eigenvalue weighted by Gasteiger charge is 2.16. The lowest BCUT2D eigenvalue weighted by Gasteiger charge is -2.12. The van der Waals surface area contributed by atoms with Crippen molar-refractivity contribution in [3.8, 4) is 5.75 Å². The van der Waals surface area contributed by atoms with E-state index in [0.29, 0.717) is 11.4 Å². The molecule has 0 aliphatic carbocycles. The predicted octanol–water partition coefficient (Wildman–Crippen LogP) is 4.04. The fraction of sp³-hybridized carbons (Fsp3) is 0.158. The number of nitrogens with one attached hydrogen (secondary N) is 1. The summed E-state index contributed by atoms with van der Waals surface area (Å²) in [5.74, 6) is -0.382. The summed E-state index contributed by atoms with van der Waals surface area (Å²) in [6, 6.07) is 14.4. The van der Waals surface area contributed by atoms with Gasteiger partial charge in [0.05, 0.1) is 7.11 Å². The zero-order chi connectivity index (χ0) is 18.2. The van der Waals surface area contributed by atoms with Crippen molar-refractivity contribution in [1.82, 2.24) is 0 Å². The highest BCUT2D eigenvalue weighted by Crippen LogP contribution is 2.24. The van der Waals surface area contributed by atoms with Gasteiger partial charge >= 0.3 is 5.97 Å². The lowest BCUT2D eigenvalue weighted by molar-refractivity contribution is -0.148. The number of ether oxygens (including phenoxy) is 2. The molecule has 0 aliphatic rings. The maximum Gasteiger partial charge on any atom is 0.331 e. The van der Waals surface area contributed by atoms with Crippen LogP contribution in [0, 0.1) is 0 Å². The molecule has 0 fully saturated rings. The second kappa shape index (κ2) is 9.03. The number of hydrogen-bond acceptors (Lipinski definition) is 4. The summed E-state index contributed by atoms with van der Waals surface area (Å²) in [4.78, 5) is 24.0. The smallest absolute Gasteiger partial charge is 0.331 e. The number of amides is 1. The Hall–Kier alpha value is -2.60. The number of anilines is 1. The Morgan fingerprint density at radius 2 is 1.88 bits per heavy atom. The molecule has 1 N–H and O–H groups in total. The van der Waals surface area contributed by atoms with Gasteiger partial charge < -0.3 is 14.8 Å². The fourth-order valence-electron chi connectivity index (χ4n) is 2.03. The van der Waals surface area contributed by atoms with Gasteiger partial charge in [0.15, 0.2) is 6.10 Å². The minimum Gasteiger partial charge on any atom is -0.496 e. The van der Waals surface area contributed by atoms with Crippen molar-refractivity contribution in [3.63, 3.8) is 0 Å². The molecule has 5 nitrogen and oxygen atoms in total. The van der Waals surface area contributed by atoms with Crippen LogP contribution in [0.25, 0.3) is 6.08 Å². The minimum absolute atomic E-state index is 0.395. The van der Waals surface area contributed by atoms with E-state index in [2.05, 4.69) is 21.2 Å². The fourth-order valence-corrected chi connectivity index (χ4v) is 2.40. The van der Waals surface area contributed by atoms with E-state index in [1.54, 1.807) is 43.5 Å². The molecule has 0 radical (unpaired) electrons. The van der Waals surface area contributed by atoms with Crippen LogP contribution in [-0.4, -0.2) is 25.1 Å². The van der Waals surface area contributed by atoms with E-state index in [1.807, 2.05) is 18.2 Å². The van der Waals surface area contributed by atoms with Crippen molar-refractivity contribution in [2.45, 2.75) is 13.0 Å². The molecule has 0 saturated heterocycles. The van der Waals surface area contributed by atoms with Crippen LogP contribution in [0.5, 0.6) is 5.75 Å². The number of carbonyl (C=O) groups is 2. The molecule has 6 heteroatoms. The van der Waals surface area contributed by atoms with Gasteiger partial charge in [-0.25, -0.2) is 4.79 Å². The molecule has 1 amide bonds. The van der Waals surface area contributed by atoms with E-state index in [-0.39, 0.29) is 0 Å². The molecule has 0 unspecified atom stereocenters. The standard InChI is InChI=1S/C19H18BrNO4/c1-13(19(23)21-16-6-4-3-5-7-16)25-18(22)11-8-14-12-15(20)9-10-17(14)24-2/h3-13H,1-2H3,(H,21,23)/b11-8+/t13-/m0/s1. The average Bonchev–Trinajstić information content (AvgIpc) is 2.61. The molecule has 0 spiro atoms. The van der Waals surface area contributed by atoms with Crippen LogP contribution in [0.2, 0.25) is 0 Å². The zero-order valence-corrected chi connectivity index (χ0v) is 15.4. The maximum absolute atomic E-state index is 12.0. The van der Waals surface area contributed by atoms with Crippen LogP contribution in [0.1, 0.15) is 12.5 Å². The third-order valence-electron chi connectivity index (χ3n) is 3.29. The van der Waals surface area contributed by atoms with Gasteiger partial charge in [-0.05, 0) is 43.3 Å². The van der Waals surface area contributed by atoms with Gasteiger partial charge in [-0.15, -0.1) is 0 Å². The highest BCUT2D eigenvalue weighted by molar-refractivity contribution is 9.10. The molecule has 0 aliphatic heterocycles. The van der Waals surface area contributed by atoms with E-state index < -0.39 is 18.0 Å². The third-order valence-corrected chi connectivity index (χ3v) is 3.79. The van der Waals surface area contributed by atoms with Gasteiger partial charge in [0, 0.05) is 21.8 Å². The number of carbonyl (C=O) groups excluding carboxylic acids is 2. The van der Waals surface area contributed by atoms with Gasteiger partial charge in [-0.2, -0.15) is 0 Å². The van der Waals surface area contributed by atoms with Gasteiger partial charge in [0.2, 0.25) is 0 Å². The second-order valence-electron chi connectivity index (χ2n) is 5.15. The molecule has 2 aromatic carbocycles. The molecule has 25 heavy (non-hydrogen) atoms. The summed E-state index contributed by atoms with van der Waals surface area (Å²) in [6.45, 7) is 1.52. The number of hydrogen-bond donors (Lipinski definition) is 1. The Bertz CT molecular complexity index is 774. The van der Waals surface area contributed by atoms with Crippen molar-refractivity contribution in [2.75, 3.05) is 12.4 Å². The SMILES string of the molecule is COc1ccc(Br)cc1/C=C/C(=O)O[C@@H](C)C(=O)Nc1ccccc1. The maximum atomic E-state index is 12.0. The number of methoxy groups -OCH3 is 1. The zero-order valence-electron chi connectivity index (χ0n) is 13.9. The van der Waals surface area contributed by atoms with Crippen molar-refractivity contribution in [1.29, 1.82) is 0 Å².